The van der Waals surface area contributed by atoms with Crippen molar-refractivity contribution in [2.24, 2.45) is 0 Å². The third-order valence-corrected chi connectivity index (χ3v) is 5.54. The molecule has 0 aliphatic heterocycles. The number of carbonyl (C=O) groups is 1. The third-order valence-electron chi connectivity index (χ3n) is 2.10. The van der Waals surface area contributed by atoms with E-state index < -0.39 is 0 Å². The van der Waals surface area contributed by atoms with Gasteiger partial charge in [0, 0.05) is 0 Å². The Morgan fingerprint density at radius 1 is 1.39 bits per heavy atom. The Morgan fingerprint density at radius 3 is 2.72 bits per heavy atom. The fraction of sp³-hybridized carbons (Fsp3) is 0. The van der Waals surface area contributed by atoms with E-state index in [1.54, 1.807) is 18.2 Å². The zero-order chi connectivity index (χ0) is 13.3. The van der Waals surface area contributed by atoms with Crippen molar-refractivity contribution in [3.8, 4) is 0 Å². The van der Waals surface area contributed by atoms with Crippen LogP contribution in [0.15, 0.2) is 31.8 Å². The van der Waals surface area contributed by atoms with Gasteiger partial charge in [-0.15, -0.1) is 11.3 Å². The first kappa shape index (κ1) is 14.4. The summed E-state index contributed by atoms with van der Waals surface area (Å²) in [6, 6.07) is 6.30. The molecule has 1 aromatic carbocycles. The van der Waals surface area contributed by atoms with Gasteiger partial charge in [-0.25, -0.2) is 4.39 Å². The number of hydrogen-bond donors (Lipinski definition) is 1. The summed E-state index contributed by atoms with van der Waals surface area (Å²) in [7, 11) is 0. The maximum Gasteiger partial charge on any atom is 0.257 e. The molecule has 0 saturated carbocycles. The lowest BCUT2D eigenvalue weighted by molar-refractivity contribution is 0.102. The van der Waals surface area contributed by atoms with Crippen LogP contribution in [-0.4, -0.2) is 5.91 Å². The summed E-state index contributed by atoms with van der Waals surface area (Å²) in [5.74, 6) is -0.619. The van der Waals surface area contributed by atoms with Gasteiger partial charge < -0.3 is 5.32 Å². The first-order chi connectivity index (χ1) is 8.49. The molecule has 0 spiro atoms. The van der Waals surface area contributed by atoms with Gasteiger partial charge in [0.15, 0.2) is 0 Å². The van der Waals surface area contributed by atoms with Crippen LogP contribution in [0.1, 0.15) is 10.4 Å². The lowest BCUT2D eigenvalue weighted by Crippen LogP contribution is -2.12. The maximum absolute atomic E-state index is 13.3. The molecule has 0 aliphatic carbocycles. The predicted molar refractivity (Wildman–Crippen MR) is 86.8 cm³/mol. The van der Waals surface area contributed by atoms with Crippen LogP contribution in [0.2, 0.25) is 0 Å². The minimum Gasteiger partial charge on any atom is -0.321 e. The van der Waals surface area contributed by atoms with E-state index in [9.17, 15) is 9.18 Å². The van der Waals surface area contributed by atoms with Crippen LogP contribution >= 0.6 is 65.8 Å². The topological polar surface area (TPSA) is 29.1 Å². The molecule has 0 fully saturated rings. The van der Waals surface area contributed by atoms with E-state index in [-0.39, 0.29) is 11.7 Å². The molecule has 1 amide bonds. The second-order valence-electron chi connectivity index (χ2n) is 3.29. The highest BCUT2D eigenvalue weighted by Gasteiger charge is 2.15. The molecule has 2 aromatic rings. The number of halogens is 4. The normalized spacial score (nSPS) is 10.4. The minimum absolute atomic E-state index is 0.271. The van der Waals surface area contributed by atoms with Gasteiger partial charge in [-0.05, 0) is 72.6 Å². The number of thiophene rings is 1. The molecule has 94 valence electrons. The highest BCUT2D eigenvalue weighted by atomic mass is 127. The molecule has 0 atom stereocenters. The second-order valence-corrected chi connectivity index (χ2v) is 8.12. The smallest absolute Gasteiger partial charge is 0.257 e. The van der Waals surface area contributed by atoms with Gasteiger partial charge in [0.1, 0.15) is 5.82 Å². The van der Waals surface area contributed by atoms with Crippen molar-refractivity contribution in [3.63, 3.8) is 0 Å². The quantitative estimate of drug-likeness (QED) is 0.555. The molecular formula is C11H5Br2FINOS. The summed E-state index contributed by atoms with van der Waals surface area (Å²) in [5, 5.41) is 2.69. The summed E-state index contributed by atoms with van der Waals surface area (Å²) in [6.45, 7) is 0. The van der Waals surface area contributed by atoms with Gasteiger partial charge in [-0.2, -0.15) is 0 Å². The van der Waals surface area contributed by atoms with Crippen molar-refractivity contribution in [2.75, 3.05) is 5.32 Å². The van der Waals surface area contributed by atoms with E-state index in [4.69, 9.17) is 0 Å². The van der Waals surface area contributed by atoms with E-state index in [1.165, 1.54) is 17.4 Å². The SMILES string of the molecule is O=C(Nc1cccc(F)c1I)c1cc(Br)sc1Br. The van der Waals surface area contributed by atoms with Crippen molar-refractivity contribution in [1.29, 1.82) is 0 Å². The summed E-state index contributed by atoms with van der Waals surface area (Å²) in [4.78, 5) is 12.0. The molecule has 0 unspecified atom stereocenters. The third kappa shape index (κ3) is 3.12. The van der Waals surface area contributed by atoms with Crippen LogP contribution in [0.25, 0.3) is 0 Å². The molecule has 2 nitrogen and oxygen atoms in total. The summed E-state index contributed by atoms with van der Waals surface area (Å²) < 4.78 is 15.3. The van der Waals surface area contributed by atoms with Crippen LogP contribution in [0.3, 0.4) is 0 Å². The largest absolute Gasteiger partial charge is 0.321 e. The van der Waals surface area contributed by atoms with Gasteiger partial charge in [0.2, 0.25) is 0 Å². The standard InChI is InChI=1S/C11H5Br2FINOS/c12-8-4-5(10(13)18-8)11(17)16-7-3-1-2-6(14)9(7)15/h1-4H,(H,16,17). The molecule has 18 heavy (non-hydrogen) atoms. The molecule has 0 aliphatic rings. The summed E-state index contributed by atoms with van der Waals surface area (Å²) in [6.07, 6.45) is 0. The Labute approximate surface area is 137 Å². The number of hydrogen-bond acceptors (Lipinski definition) is 2. The fourth-order valence-corrected chi connectivity index (χ4v) is 4.57. The zero-order valence-electron chi connectivity index (χ0n) is 8.64. The van der Waals surface area contributed by atoms with E-state index >= 15 is 0 Å². The van der Waals surface area contributed by atoms with Crippen LogP contribution in [0, 0.1) is 9.39 Å². The van der Waals surface area contributed by atoms with E-state index in [0.29, 0.717) is 14.8 Å². The monoisotopic (exact) mass is 503 g/mol. The number of benzene rings is 1. The summed E-state index contributed by atoms with van der Waals surface area (Å²) >= 11 is 9.90. The highest BCUT2D eigenvalue weighted by Crippen LogP contribution is 2.32. The maximum atomic E-state index is 13.3. The Morgan fingerprint density at radius 2 is 2.11 bits per heavy atom. The Balaban J connectivity index is 2.27. The van der Waals surface area contributed by atoms with Crippen LogP contribution in [0.5, 0.6) is 0 Å². The lowest BCUT2D eigenvalue weighted by Gasteiger charge is -2.07. The van der Waals surface area contributed by atoms with E-state index in [0.717, 1.165) is 7.57 Å². The molecule has 1 aromatic heterocycles. The van der Waals surface area contributed by atoms with Gasteiger partial charge in [-0.1, -0.05) is 6.07 Å². The minimum atomic E-state index is -0.348. The van der Waals surface area contributed by atoms with Gasteiger partial charge in [-0.3, -0.25) is 4.79 Å². The Hall–Kier alpha value is 0.01000. The zero-order valence-corrected chi connectivity index (χ0v) is 14.8. The average molecular weight is 505 g/mol. The van der Waals surface area contributed by atoms with Gasteiger partial charge in [0.25, 0.3) is 5.91 Å². The average Bonchev–Trinajstić information content (AvgIpc) is 2.64. The highest BCUT2D eigenvalue weighted by molar-refractivity contribution is 14.1. The van der Waals surface area contributed by atoms with Crippen molar-refractivity contribution in [2.45, 2.75) is 0 Å². The molecule has 2 rings (SSSR count). The number of amides is 1. The van der Waals surface area contributed by atoms with Crippen molar-refractivity contribution in [1.82, 2.24) is 0 Å². The second kappa shape index (κ2) is 5.98. The van der Waals surface area contributed by atoms with E-state index in [2.05, 4.69) is 37.2 Å². The number of anilines is 1. The van der Waals surface area contributed by atoms with Crippen molar-refractivity contribution < 1.29 is 9.18 Å². The molecule has 7 heteroatoms. The number of nitrogens with one attached hydrogen (secondary N) is 1. The molecule has 1 N–H and O–H groups in total. The van der Waals surface area contributed by atoms with Crippen molar-refractivity contribution in [3.05, 3.63) is 46.8 Å². The first-order valence-electron chi connectivity index (χ1n) is 4.69. The van der Waals surface area contributed by atoms with E-state index in [1.807, 2.05) is 22.6 Å². The van der Waals surface area contributed by atoms with Gasteiger partial charge in [0.05, 0.1) is 22.4 Å². The van der Waals surface area contributed by atoms with Gasteiger partial charge >= 0.3 is 0 Å². The lowest BCUT2D eigenvalue weighted by atomic mass is 10.2. The fourth-order valence-electron chi connectivity index (χ4n) is 1.29. The van der Waals surface area contributed by atoms with Crippen LogP contribution in [-0.2, 0) is 0 Å². The molecule has 1 heterocycles. The molecule has 0 saturated heterocycles. The van der Waals surface area contributed by atoms with Crippen LogP contribution in [0.4, 0.5) is 10.1 Å². The Kier molecular flexibility index (Phi) is 4.79. The van der Waals surface area contributed by atoms with Crippen molar-refractivity contribution >= 4 is 77.4 Å². The van der Waals surface area contributed by atoms with Crippen LogP contribution < -0.4 is 5.32 Å². The molecule has 0 radical (unpaired) electrons. The predicted octanol–water partition coefficient (Wildman–Crippen LogP) is 5.27. The molecular weight excluding hydrogens is 500 g/mol. The number of carbonyl (C=O) groups excluding carboxylic acids is 1. The Bertz CT molecular complexity index is 617. The molecule has 0 bridgehead atoms. The number of rotatable bonds is 2. The summed E-state index contributed by atoms with van der Waals surface area (Å²) in [5.41, 5.74) is 0.988. The first-order valence-corrected chi connectivity index (χ1v) is 8.17.